The third-order valence-corrected chi connectivity index (χ3v) is 4.11. The normalized spacial score (nSPS) is 22.4. The summed E-state index contributed by atoms with van der Waals surface area (Å²) in [6.45, 7) is 0.656. The number of carbonyl (C=O) groups is 1. The summed E-state index contributed by atoms with van der Waals surface area (Å²) in [4.78, 5) is 12.2. The molecule has 3 N–H and O–H groups in total. The molecule has 0 spiro atoms. The molecule has 0 aromatic heterocycles. The lowest BCUT2D eigenvalue weighted by Gasteiger charge is -2.31. The Bertz CT molecular complexity index is 428. The van der Waals surface area contributed by atoms with Gasteiger partial charge >= 0.3 is 0 Å². The average Bonchev–Trinajstić information content (AvgIpc) is 2.39. The molecule has 1 saturated carbocycles. The smallest absolute Gasteiger partial charge is 0.251 e. The second-order valence-corrected chi connectivity index (χ2v) is 5.79. The second kappa shape index (κ2) is 7.88. The maximum atomic E-state index is 12.2. The van der Waals surface area contributed by atoms with E-state index in [1.807, 2.05) is 24.3 Å². The molecule has 2 rings (SSSR count). The molecule has 0 saturated heterocycles. The van der Waals surface area contributed by atoms with Gasteiger partial charge in [0.15, 0.2) is 0 Å². The van der Waals surface area contributed by atoms with Crippen LogP contribution in [-0.2, 0) is 0 Å². The zero-order valence-electron chi connectivity index (χ0n) is 10.8. The summed E-state index contributed by atoms with van der Waals surface area (Å²) in [7, 11) is 0. The monoisotopic (exact) mass is 346 g/mol. The second-order valence-electron chi connectivity index (χ2n) is 4.87. The van der Waals surface area contributed by atoms with E-state index in [2.05, 4.69) is 21.2 Å². The van der Waals surface area contributed by atoms with E-state index >= 15 is 0 Å². The molecule has 0 aliphatic heterocycles. The largest absolute Gasteiger partial charge is 0.349 e. The Morgan fingerprint density at radius 2 is 2.11 bits per heavy atom. The van der Waals surface area contributed by atoms with Crippen LogP contribution in [0.4, 0.5) is 0 Å². The van der Waals surface area contributed by atoms with Crippen LogP contribution in [0.2, 0.25) is 0 Å². The summed E-state index contributed by atoms with van der Waals surface area (Å²) in [5.74, 6) is 0.427. The molecule has 1 aliphatic carbocycles. The number of nitrogens with two attached hydrogens (primary N) is 1. The Kier molecular flexibility index (Phi) is 6.83. The third-order valence-electron chi connectivity index (χ3n) is 3.62. The van der Waals surface area contributed by atoms with Crippen molar-refractivity contribution in [3.63, 3.8) is 0 Å². The number of amides is 1. The van der Waals surface area contributed by atoms with Gasteiger partial charge in [-0.3, -0.25) is 4.79 Å². The summed E-state index contributed by atoms with van der Waals surface area (Å²) in [5.41, 5.74) is 6.47. The van der Waals surface area contributed by atoms with Crippen molar-refractivity contribution in [3.05, 3.63) is 34.3 Å². The van der Waals surface area contributed by atoms with E-state index in [9.17, 15) is 4.79 Å². The summed E-state index contributed by atoms with van der Waals surface area (Å²) >= 11 is 3.38. The van der Waals surface area contributed by atoms with Crippen molar-refractivity contribution in [3.8, 4) is 0 Å². The number of halogens is 2. The van der Waals surface area contributed by atoms with Gasteiger partial charge in [0.1, 0.15) is 0 Å². The quantitative estimate of drug-likeness (QED) is 0.882. The SMILES string of the molecule is Cl.NCC1CCCCC1NC(=O)c1cccc(Br)c1. The highest BCUT2D eigenvalue weighted by Crippen LogP contribution is 2.24. The molecule has 19 heavy (non-hydrogen) atoms. The highest BCUT2D eigenvalue weighted by Gasteiger charge is 2.25. The molecule has 1 aromatic rings. The van der Waals surface area contributed by atoms with E-state index < -0.39 is 0 Å². The Labute approximate surface area is 128 Å². The predicted octanol–water partition coefficient (Wildman–Crippen LogP) is 3.12. The van der Waals surface area contributed by atoms with Gasteiger partial charge in [0, 0.05) is 16.1 Å². The fourth-order valence-corrected chi connectivity index (χ4v) is 2.96. The van der Waals surface area contributed by atoms with Gasteiger partial charge in [-0.2, -0.15) is 0 Å². The van der Waals surface area contributed by atoms with Crippen LogP contribution in [0, 0.1) is 5.92 Å². The minimum absolute atomic E-state index is 0. The third kappa shape index (κ3) is 4.48. The lowest BCUT2D eigenvalue weighted by molar-refractivity contribution is 0.0908. The van der Waals surface area contributed by atoms with Crippen LogP contribution < -0.4 is 11.1 Å². The average molecular weight is 348 g/mol. The highest BCUT2D eigenvalue weighted by molar-refractivity contribution is 9.10. The molecule has 0 radical (unpaired) electrons. The fraction of sp³-hybridized carbons (Fsp3) is 0.500. The molecule has 5 heteroatoms. The maximum Gasteiger partial charge on any atom is 0.251 e. The lowest BCUT2D eigenvalue weighted by Crippen LogP contribution is -2.44. The van der Waals surface area contributed by atoms with Crippen molar-refractivity contribution in [1.82, 2.24) is 5.32 Å². The first kappa shape index (κ1) is 16.5. The standard InChI is InChI=1S/C14H19BrN2O.ClH/c15-12-6-3-5-10(8-12)14(18)17-13-7-2-1-4-11(13)9-16;/h3,5-6,8,11,13H,1-2,4,7,9,16H2,(H,17,18);1H. The minimum atomic E-state index is 0. The van der Waals surface area contributed by atoms with E-state index in [-0.39, 0.29) is 24.4 Å². The van der Waals surface area contributed by atoms with Crippen molar-refractivity contribution in [1.29, 1.82) is 0 Å². The molecular formula is C14H20BrClN2O. The van der Waals surface area contributed by atoms with Gasteiger partial charge in [-0.15, -0.1) is 12.4 Å². The van der Waals surface area contributed by atoms with Gasteiger partial charge in [-0.1, -0.05) is 34.8 Å². The molecule has 2 unspecified atom stereocenters. The number of nitrogens with one attached hydrogen (secondary N) is 1. The molecular weight excluding hydrogens is 328 g/mol. The lowest BCUT2D eigenvalue weighted by atomic mass is 9.84. The molecule has 106 valence electrons. The topological polar surface area (TPSA) is 55.1 Å². The number of hydrogen-bond acceptors (Lipinski definition) is 2. The Balaban J connectivity index is 0.00000180. The van der Waals surface area contributed by atoms with Gasteiger partial charge in [0.2, 0.25) is 0 Å². The minimum Gasteiger partial charge on any atom is -0.349 e. The molecule has 1 aromatic carbocycles. The van der Waals surface area contributed by atoms with E-state index in [1.165, 1.54) is 12.8 Å². The summed E-state index contributed by atoms with van der Waals surface area (Å²) in [6.07, 6.45) is 4.58. The van der Waals surface area contributed by atoms with E-state index in [0.29, 0.717) is 18.0 Å². The van der Waals surface area contributed by atoms with Crippen LogP contribution in [0.5, 0.6) is 0 Å². The van der Waals surface area contributed by atoms with E-state index in [4.69, 9.17) is 5.73 Å². The highest BCUT2D eigenvalue weighted by atomic mass is 79.9. The van der Waals surface area contributed by atoms with E-state index in [0.717, 1.165) is 17.3 Å². The number of rotatable bonds is 3. The molecule has 1 fully saturated rings. The predicted molar refractivity (Wildman–Crippen MR) is 83.7 cm³/mol. The maximum absolute atomic E-state index is 12.2. The summed E-state index contributed by atoms with van der Waals surface area (Å²) in [5, 5.41) is 3.12. The number of benzene rings is 1. The Hall–Kier alpha value is -0.580. The van der Waals surface area contributed by atoms with Gasteiger partial charge in [-0.05, 0) is 43.5 Å². The van der Waals surface area contributed by atoms with Crippen molar-refractivity contribution in [2.45, 2.75) is 31.7 Å². The molecule has 1 amide bonds. The van der Waals surface area contributed by atoms with Gasteiger partial charge < -0.3 is 11.1 Å². The number of hydrogen-bond donors (Lipinski definition) is 2. The van der Waals surface area contributed by atoms with Crippen molar-refractivity contribution in [2.24, 2.45) is 11.7 Å². The molecule has 0 bridgehead atoms. The van der Waals surface area contributed by atoms with Crippen molar-refractivity contribution < 1.29 is 4.79 Å². The van der Waals surface area contributed by atoms with Crippen LogP contribution in [-0.4, -0.2) is 18.5 Å². The molecule has 3 nitrogen and oxygen atoms in total. The Morgan fingerprint density at radius 1 is 1.37 bits per heavy atom. The molecule has 1 aliphatic rings. The van der Waals surface area contributed by atoms with Crippen LogP contribution in [0.1, 0.15) is 36.0 Å². The van der Waals surface area contributed by atoms with Gasteiger partial charge in [0.25, 0.3) is 5.91 Å². The van der Waals surface area contributed by atoms with Crippen LogP contribution >= 0.6 is 28.3 Å². The number of carbonyl (C=O) groups excluding carboxylic acids is 1. The Morgan fingerprint density at radius 3 is 2.79 bits per heavy atom. The van der Waals surface area contributed by atoms with Gasteiger partial charge in [0.05, 0.1) is 0 Å². The van der Waals surface area contributed by atoms with Crippen LogP contribution in [0.25, 0.3) is 0 Å². The zero-order valence-corrected chi connectivity index (χ0v) is 13.2. The first-order valence-electron chi connectivity index (χ1n) is 6.47. The van der Waals surface area contributed by atoms with Crippen molar-refractivity contribution >= 4 is 34.2 Å². The summed E-state index contributed by atoms with van der Waals surface area (Å²) in [6, 6.07) is 7.70. The van der Waals surface area contributed by atoms with Crippen LogP contribution in [0.15, 0.2) is 28.7 Å². The van der Waals surface area contributed by atoms with E-state index in [1.54, 1.807) is 0 Å². The zero-order chi connectivity index (χ0) is 13.0. The first-order chi connectivity index (χ1) is 8.70. The molecule has 2 atom stereocenters. The van der Waals surface area contributed by atoms with Crippen LogP contribution in [0.3, 0.4) is 0 Å². The first-order valence-corrected chi connectivity index (χ1v) is 7.26. The van der Waals surface area contributed by atoms with Gasteiger partial charge in [-0.25, -0.2) is 0 Å². The summed E-state index contributed by atoms with van der Waals surface area (Å²) < 4.78 is 0.925. The molecule has 0 heterocycles. The van der Waals surface area contributed by atoms with Crippen molar-refractivity contribution in [2.75, 3.05) is 6.54 Å². The fourth-order valence-electron chi connectivity index (χ4n) is 2.56.